The van der Waals surface area contributed by atoms with Gasteiger partial charge in [0.05, 0.1) is 24.1 Å². The van der Waals surface area contributed by atoms with Crippen LogP contribution in [0.4, 0.5) is 10.1 Å². The quantitative estimate of drug-likeness (QED) is 0.471. The molecule has 0 aliphatic carbocycles. The first-order chi connectivity index (χ1) is 16.0. The van der Waals surface area contributed by atoms with Crippen molar-refractivity contribution in [2.45, 2.75) is 20.0 Å². The molecule has 1 amide bonds. The molecule has 168 valence electrons. The second-order valence-electron chi connectivity index (χ2n) is 7.41. The first-order valence-corrected chi connectivity index (χ1v) is 10.5. The number of amides is 1. The Balaban J connectivity index is 1.67. The molecule has 0 saturated carbocycles. The molecular weight excluding hydrogens is 425 g/mol. The van der Waals surface area contributed by atoms with Crippen molar-refractivity contribution < 1.29 is 13.9 Å². The topological polar surface area (TPSA) is 82.3 Å². The van der Waals surface area contributed by atoms with Gasteiger partial charge in [-0.3, -0.25) is 18.7 Å². The SMILES string of the molecule is CCOc1ccc(NC(=O)Cn2c(=O)n(Cc3ccc(F)cc3)c(=O)c3ccccc32)cc1. The van der Waals surface area contributed by atoms with Gasteiger partial charge < -0.3 is 10.1 Å². The average Bonchev–Trinajstić information content (AvgIpc) is 2.82. The van der Waals surface area contributed by atoms with Gasteiger partial charge in [-0.25, -0.2) is 9.18 Å². The number of nitrogens with one attached hydrogen (secondary N) is 1. The third-order valence-corrected chi connectivity index (χ3v) is 5.14. The van der Waals surface area contributed by atoms with Crippen LogP contribution in [0.15, 0.2) is 82.4 Å². The normalized spacial score (nSPS) is 10.8. The molecule has 0 bridgehead atoms. The van der Waals surface area contributed by atoms with E-state index in [4.69, 9.17) is 4.74 Å². The first kappa shape index (κ1) is 22.0. The number of hydrogen-bond donors (Lipinski definition) is 1. The number of carbonyl (C=O) groups excluding carboxylic acids is 1. The van der Waals surface area contributed by atoms with E-state index in [1.807, 2.05) is 6.92 Å². The minimum Gasteiger partial charge on any atom is -0.494 e. The number of nitrogens with zero attached hydrogens (tertiary/aromatic N) is 2. The van der Waals surface area contributed by atoms with Crippen molar-refractivity contribution in [3.05, 3.63) is 105 Å². The van der Waals surface area contributed by atoms with Gasteiger partial charge in [-0.15, -0.1) is 0 Å². The predicted octanol–water partition coefficient (Wildman–Crippen LogP) is 3.39. The lowest BCUT2D eigenvalue weighted by Gasteiger charge is -2.14. The molecule has 8 heteroatoms. The maximum atomic E-state index is 13.3. The largest absolute Gasteiger partial charge is 0.494 e. The van der Waals surface area contributed by atoms with Gasteiger partial charge in [-0.05, 0) is 61.0 Å². The average molecular weight is 447 g/mol. The maximum absolute atomic E-state index is 13.3. The number of para-hydroxylation sites is 1. The fourth-order valence-electron chi connectivity index (χ4n) is 3.58. The van der Waals surface area contributed by atoms with Crippen LogP contribution >= 0.6 is 0 Å². The lowest BCUT2D eigenvalue weighted by Crippen LogP contribution is -2.42. The molecule has 4 rings (SSSR count). The maximum Gasteiger partial charge on any atom is 0.332 e. The van der Waals surface area contributed by atoms with Crippen molar-refractivity contribution in [2.75, 3.05) is 11.9 Å². The number of halogens is 1. The number of benzene rings is 3. The van der Waals surface area contributed by atoms with Gasteiger partial charge in [-0.1, -0.05) is 24.3 Å². The van der Waals surface area contributed by atoms with E-state index in [-0.39, 0.29) is 13.1 Å². The van der Waals surface area contributed by atoms with Crippen LogP contribution in [0.3, 0.4) is 0 Å². The fourth-order valence-corrected chi connectivity index (χ4v) is 3.58. The molecule has 7 nitrogen and oxygen atoms in total. The lowest BCUT2D eigenvalue weighted by molar-refractivity contribution is -0.116. The number of hydrogen-bond acceptors (Lipinski definition) is 4. The molecule has 0 atom stereocenters. The van der Waals surface area contributed by atoms with E-state index < -0.39 is 23.0 Å². The van der Waals surface area contributed by atoms with E-state index in [0.29, 0.717) is 34.5 Å². The molecule has 0 radical (unpaired) electrons. The Morgan fingerprint density at radius 2 is 1.64 bits per heavy atom. The van der Waals surface area contributed by atoms with Crippen molar-refractivity contribution in [1.29, 1.82) is 0 Å². The van der Waals surface area contributed by atoms with E-state index in [9.17, 15) is 18.8 Å². The van der Waals surface area contributed by atoms with E-state index in [1.165, 1.54) is 28.8 Å². The van der Waals surface area contributed by atoms with Crippen molar-refractivity contribution in [3.63, 3.8) is 0 Å². The highest BCUT2D eigenvalue weighted by atomic mass is 19.1. The zero-order chi connectivity index (χ0) is 23.4. The Morgan fingerprint density at radius 3 is 2.33 bits per heavy atom. The Morgan fingerprint density at radius 1 is 0.939 bits per heavy atom. The van der Waals surface area contributed by atoms with Gasteiger partial charge in [0.1, 0.15) is 18.1 Å². The second kappa shape index (κ2) is 9.52. The zero-order valence-corrected chi connectivity index (χ0v) is 18.0. The Kier molecular flexibility index (Phi) is 6.35. The van der Waals surface area contributed by atoms with Crippen molar-refractivity contribution in [2.24, 2.45) is 0 Å². The zero-order valence-electron chi connectivity index (χ0n) is 18.0. The van der Waals surface area contributed by atoms with E-state index in [2.05, 4.69) is 5.32 Å². The Bertz CT molecular complexity index is 1410. The molecule has 0 saturated heterocycles. The van der Waals surface area contributed by atoms with Crippen LogP contribution in [0.2, 0.25) is 0 Å². The van der Waals surface area contributed by atoms with Gasteiger partial charge in [-0.2, -0.15) is 0 Å². The van der Waals surface area contributed by atoms with E-state index in [0.717, 1.165) is 4.57 Å². The highest BCUT2D eigenvalue weighted by molar-refractivity contribution is 5.91. The van der Waals surface area contributed by atoms with Crippen LogP contribution in [0.25, 0.3) is 10.9 Å². The summed E-state index contributed by atoms with van der Waals surface area (Å²) in [5.74, 6) is -0.142. The van der Waals surface area contributed by atoms with Gasteiger partial charge in [0.25, 0.3) is 5.56 Å². The molecule has 33 heavy (non-hydrogen) atoms. The summed E-state index contributed by atoms with van der Waals surface area (Å²) < 4.78 is 21.0. The third kappa shape index (κ3) is 4.85. The van der Waals surface area contributed by atoms with E-state index >= 15 is 0 Å². The summed E-state index contributed by atoms with van der Waals surface area (Å²) >= 11 is 0. The molecule has 0 aliphatic rings. The lowest BCUT2D eigenvalue weighted by atomic mass is 10.2. The van der Waals surface area contributed by atoms with Gasteiger partial charge >= 0.3 is 5.69 Å². The van der Waals surface area contributed by atoms with Crippen molar-refractivity contribution in [3.8, 4) is 5.75 Å². The summed E-state index contributed by atoms with van der Waals surface area (Å²) in [4.78, 5) is 39.0. The minimum atomic E-state index is -0.620. The monoisotopic (exact) mass is 447 g/mol. The van der Waals surface area contributed by atoms with Crippen molar-refractivity contribution in [1.82, 2.24) is 9.13 Å². The number of aromatic nitrogens is 2. The molecule has 0 spiro atoms. The number of carbonyl (C=O) groups is 1. The van der Waals surface area contributed by atoms with Crippen LogP contribution in [-0.4, -0.2) is 21.6 Å². The molecule has 0 fully saturated rings. The van der Waals surface area contributed by atoms with Crippen LogP contribution < -0.4 is 21.3 Å². The fraction of sp³-hybridized carbons (Fsp3) is 0.160. The Labute approximate surface area is 188 Å². The summed E-state index contributed by atoms with van der Waals surface area (Å²) in [7, 11) is 0. The molecule has 0 aliphatic heterocycles. The standard InChI is InChI=1S/C25H22FN3O4/c1-2-33-20-13-11-19(12-14-20)27-23(30)16-28-22-6-4-3-5-21(22)24(31)29(25(28)32)15-17-7-9-18(26)10-8-17/h3-14H,2,15-16H2,1H3,(H,27,30). The summed E-state index contributed by atoms with van der Waals surface area (Å²) in [6.45, 7) is 2.10. The predicted molar refractivity (Wildman–Crippen MR) is 124 cm³/mol. The second-order valence-corrected chi connectivity index (χ2v) is 7.41. The molecule has 1 heterocycles. The number of rotatable bonds is 7. The van der Waals surface area contributed by atoms with Crippen molar-refractivity contribution >= 4 is 22.5 Å². The highest BCUT2D eigenvalue weighted by Gasteiger charge is 2.16. The minimum absolute atomic E-state index is 0.0384. The van der Waals surface area contributed by atoms with Gasteiger partial charge in [0.15, 0.2) is 0 Å². The van der Waals surface area contributed by atoms with Gasteiger partial charge in [0, 0.05) is 5.69 Å². The summed E-state index contributed by atoms with van der Waals surface area (Å²) in [6.07, 6.45) is 0. The number of ether oxygens (including phenoxy) is 1. The first-order valence-electron chi connectivity index (χ1n) is 10.5. The van der Waals surface area contributed by atoms with E-state index in [1.54, 1.807) is 48.5 Å². The summed E-state index contributed by atoms with van der Waals surface area (Å²) in [5, 5.41) is 3.07. The number of anilines is 1. The van der Waals surface area contributed by atoms with Crippen LogP contribution in [0.5, 0.6) is 5.75 Å². The molecule has 4 aromatic rings. The molecule has 0 unspecified atom stereocenters. The van der Waals surface area contributed by atoms with Gasteiger partial charge in [0.2, 0.25) is 5.91 Å². The molecular formula is C25H22FN3O4. The molecule has 3 aromatic carbocycles. The smallest absolute Gasteiger partial charge is 0.332 e. The van der Waals surface area contributed by atoms with Crippen LogP contribution in [0.1, 0.15) is 12.5 Å². The molecule has 1 N–H and O–H groups in total. The summed E-state index contributed by atoms with van der Waals surface area (Å²) in [5.41, 5.74) is 0.425. The Hall–Kier alpha value is -4.20. The van der Waals surface area contributed by atoms with Crippen LogP contribution in [-0.2, 0) is 17.9 Å². The molecule has 1 aromatic heterocycles. The van der Waals surface area contributed by atoms with Crippen LogP contribution in [0, 0.1) is 5.82 Å². The highest BCUT2D eigenvalue weighted by Crippen LogP contribution is 2.16. The number of fused-ring (bicyclic) bond motifs is 1. The third-order valence-electron chi connectivity index (χ3n) is 5.14. The summed E-state index contributed by atoms with van der Waals surface area (Å²) in [6, 6.07) is 19.1.